The SMILES string of the molecule is CSCCCN1CC(C2CCCCC2)NCC1C(C)(C)C. The summed E-state index contributed by atoms with van der Waals surface area (Å²) in [5.41, 5.74) is 0.379. The number of nitrogens with one attached hydrogen (secondary N) is 1. The summed E-state index contributed by atoms with van der Waals surface area (Å²) in [7, 11) is 0. The van der Waals surface area contributed by atoms with Gasteiger partial charge in [-0.05, 0) is 49.1 Å². The number of hydrogen-bond acceptors (Lipinski definition) is 3. The maximum absolute atomic E-state index is 3.92. The first kappa shape index (κ1) is 17.6. The topological polar surface area (TPSA) is 15.3 Å². The van der Waals surface area contributed by atoms with Gasteiger partial charge in [0.25, 0.3) is 0 Å². The molecule has 21 heavy (non-hydrogen) atoms. The van der Waals surface area contributed by atoms with Crippen molar-refractivity contribution in [3.8, 4) is 0 Å². The van der Waals surface area contributed by atoms with E-state index in [1.165, 1.54) is 63.9 Å². The molecule has 0 aromatic rings. The van der Waals surface area contributed by atoms with Gasteiger partial charge in [0.2, 0.25) is 0 Å². The van der Waals surface area contributed by atoms with Gasteiger partial charge in [0.1, 0.15) is 0 Å². The maximum atomic E-state index is 3.92. The molecule has 2 aliphatic rings. The fourth-order valence-electron chi connectivity index (χ4n) is 4.20. The zero-order valence-electron chi connectivity index (χ0n) is 14.7. The van der Waals surface area contributed by atoms with Gasteiger partial charge in [-0.3, -0.25) is 4.90 Å². The fraction of sp³-hybridized carbons (Fsp3) is 1.00. The van der Waals surface area contributed by atoms with Crippen LogP contribution in [0.3, 0.4) is 0 Å². The van der Waals surface area contributed by atoms with Crippen molar-refractivity contribution < 1.29 is 0 Å². The van der Waals surface area contributed by atoms with Gasteiger partial charge < -0.3 is 5.32 Å². The minimum Gasteiger partial charge on any atom is -0.311 e. The minimum atomic E-state index is 0.379. The van der Waals surface area contributed by atoms with E-state index in [9.17, 15) is 0 Å². The third-order valence-corrected chi connectivity index (χ3v) is 6.15. The van der Waals surface area contributed by atoms with Crippen molar-refractivity contribution in [1.29, 1.82) is 0 Å². The molecule has 2 rings (SSSR count). The number of rotatable bonds is 5. The summed E-state index contributed by atoms with van der Waals surface area (Å²) in [4.78, 5) is 2.81. The van der Waals surface area contributed by atoms with Crippen LogP contribution in [-0.4, -0.2) is 48.6 Å². The van der Waals surface area contributed by atoms with Crippen molar-refractivity contribution >= 4 is 11.8 Å². The molecule has 0 amide bonds. The molecule has 0 bridgehead atoms. The Kier molecular flexibility index (Phi) is 6.89. The molecule has 124 valence electrons. The van der Waals surface area contributed by atoms with E-state index in [2.05, 4.69) is 37.2 Å². The molecule has 1 saturated heterocycles. The van der Waals surface area contributed by atoms with Crippen LogP contribution in [0.1, 0.15) is 59.3 Å². The predicted molar refractivity (Wildman–Crippen MR) is 96.2 cm³/mol. The lowest BCUT2D eigenvalue weighted by Crippen LogP contribution is -2.62. The summed E-state index contributed by atoms with van der Waals surface area (Å²) in [6, 6.07) is 1.44. The Morgan fingerprint density at radius 3 is 2.48 bits per heavy atom. The summed E-state index contributed by atoms with van der Waals surface area (Å²) in [6.45, 7) is 11.0. The highest BCUT2D eigenvalue weighted by Crippen LogP contribution is 2.32. The average molecular weight is 313 g/mol. The van der Waals surface area contributed by atoms with Crippen molar-refractivity contribution in [3.05, 3.63) is 0 Å². The van der Waals surface area contributed by atoms with Crippen molar-refractivity contribution in [2.45, 2.75) is 71.4 Å². The molecule has 0 spiro atoms. The molecule has 0 aromatic heterocycles. The van der Waals surface area contributed by atoms with Crippen molar-refractivity contribution in [2.24, 2.45) is 11.3 Å². The molecule has 1 aliphatic heterocycles. The van der Waals surface area contributed by atoms with Gasteiger partial charge in [-0.2, -0.15) is 11.8 Å². The second-order valence-corrected chi connectivity index (χ2v) is 9.12. The predicted octanol–water partition coefficient (Wildman–Crippen LogP) is 4.01. The maximum Gasteiger partial charge on any atom is 0.0269 e. The van der Waals surface area contributed by atoms with Gasteiger partial charge in [-0.25, -0.2) is 0 Å². The van der Waals surface area contributed by atoms with E-state index in [1.54, 1.807) is 0 Å². The first-order chi connectivity index (χ1) is 10.0. The first-order valence-corrected chi connectivity index (χ1v) is 10.4. The highest BCUT2D eigenvalue weighted by Gasteiger charge is 2.37. The van der Waals surface area contributed by atoms with Gasteiger partial charge >= 0.3 is 0 Å². The molecule has 2 atom stereocenters. The van der Waals surface area contributed by atoms with E-state index in [0.717, 1.165) is 12.0 Å². The Morgan fingerprint density at radius 2 is 1.86 bits per heavy atom. The van der Waals surface area contributed by atoms with Gasteiger partial charge in [0, 0.05) is 25.2 Å². The monoisotopic (exact) mass is 312 g/mol. The van der Waals surface area contributed by atoms with Crippen LogP contribution in [0.15, 0.2) is 0 Å². The third kappa shape index (κ3) is 5.14. The molecular weight excluding hydrogens is 276 g/mol. The van der Waals surface area contributed by atoms with E-state index in [-0.39, 0.29) is 0 Å². The minimum absolute atomic E-state index is 0.379. The lowest BCUT2D eigenvalue weighted by molar-refractivity contribution is 0.0379. The normalized spacial score (nSPS) is 29.7. The van der Waals surface area contributed by atoms with Crippen LogP contribution in [0.5, 0.6) is 0 Å². The average Bonchev–Trinajstić information content (AvgIpc) is 2.47. The van der Waals surface area contributed by atoms with E-state index < -0.39 is 0 Å². The van der Waals surface area contributed by atoms with Gasteiger partial charge in [-0.15, -0.1) is 0 Å². The van der Waals surface area contributed by atoms with Crippen LogP contribution < -0.4 is 5.32 Å². The van der Waals surface area contributed by atoms with E-state index in [1.807, 2.05) is 11.8 Å². The number of thioether (sulfide) groups is 1. The molecule has 0 aromatic carbocycles. The zero-order valence-corrected chi connectivity index (χ0v) is 15.5. The van der Waals surface area contributed by atoms with Crippen LogP contribution >= 0.6 is 11.8 Å². The number of hydrogen-bond donors (Lipinski definition) is 1. The van der Waals surface area contributed by atoms with Crippen LogP contribution in [0.25, 0.3) is 0 Å². The summed E-state index contributed by atoms with van der Waals surface area (Å²) >= 11 is 1.99. The Bertz CT molecular complexity index is 294. The van der Waals surface area contributed by atoms with Gasteiger partial charge in [0.15, 0.2) is 0 Å². The number of nitrogens with zero attached hydrogens (tertiary/aromatic N) is 1. The molecular formula is C18H36N2S. The summed E-state index contributed by atoms with van der Waals surface area (Å²) < 4.78 is 0. The second kappa shape index (κ2) is 8.21. The third-order valence-electron chi connectivity index (χ3n) is 5.46. The largest absolute Gasteiger partial charge is 0.311 e. The van der Waals surface area contributed by atoms with Crippen LogP contribution in [0, 0.1) is 11.3 Å². The van der Waals surface area contributed by atoms with Crippen molar-refractivity contribution in [2.75, 3.05) is 31.6 Å². The van der Waals surface area contributed by atoms with Crippen molar-refractivity contribution in [1.82, 2.24) is 10.2 Å². The van der Waals surface area contributed by atoms with Crippen LogP contribution in [0.2, 0.25) is 0 Å². The Morgan fingerprint density at radius 1 is 1.14 bits per heavy atom. The summed E-state index contributed by atoms with van der Waals surface area (Å²) in [5.74, 6) is 2.23. The molecule has 2 unspecified atom stereocenters. The van der Waals surface area contributed by atoms with Crippen LogP contribution in [-0.2, 0) is 0 Å². The molecule has 0 radical (unpaired) electrons. The van der Waals surface area contributed by atoms with Gasteiger partial charge in [0.05, 0.1) is 0 Å². The molecule has 2 fully saturated rings. The standard InChI is InChI=1S/C18H36N2S/c1-18(2,3)17-13-19-16(15-9-6-5-7-10-15)14-20(17)11-8-12-21-4/h15-17,19H,5-14H2,1-4H3. The van der Waals surface area contributed by atoms with Gasteiger partial charge in [-0.1, -0.05) is 40.0 Å². The highest BCUT2D eigenvalue weighted by atomic mass is 32.2. The Hall–Kier alpha value is 0.270. The molecule has 1 heterocycles. The lowest BCUT2D eigenvalue weighted by atomic mass is 9.79. The Labute approximate surface area is 136 Å². The zero-order chi connectivity index (χ0) is 15.3. The quantitative estimate of drug-likeness (QED) is 0.772. The molecule has 2 nitrogen and oxygen atoms in total. The molecule has 1 saturated carbocycles. The van der Waals surface area contributed by atoms with E-state index >= 15 is 0 Å². The molecule has 1 N–H and O–H groups in total. The first-order valence-electron chi connectivity index (χ1n) is 8.98. The number of piperazine rings is 1. The van der Waals surface area contributed by atoms with E-state index in [4.69, 9.17) is 0 Å². The summed E-state index contributed by atoms with van der Waals surface area (Å²) in [6.07, 6.45) is 10.9. The van der Waals surface area contributed by atoms with Crippen molar-refractivity contribution in [3.63, 3.8) is 0 Å². The summed E-state index contributed by atoms with van der Waals surface area (Å²) in [5, 5.41) is 3.92. The van der Waals surface area contributed by atoms with Crippen LogP contribution in [0.4, 0.5) is 0 Å². The fourth-order valence-corrected chi connectivity index (χ4v) is 4.62. The molecule has 3 heteroatoms. The second-order valence-electron chi connectivity index (χ2n) is 8.14. The highest BCUT2D eigenvalue weighted by molar-refractivity contribution is 7.98. The van der Waals surface area contributed by atoms with E-state index in [0.29, 0.717) is 11.5 Å². The lowest BCUT2D eigenvalue weighted by Gasteiger charge is -2.48. The smallest absolute Gasteiger partial charge is 0.0269 e. The molecule has 1 aliphatic carbocycles. The Balaban J connectivity index is 1.94.